The van der Waals surface area contributed by atoms with Gasteiger partial charge in [0.15, 0.2) is 0 Å². The summed E-state index contributed by atoms with van der Waals surface area (Å²) in [5.74, 6) is 0. The van der Waals surface area contributed by atoms with E-state index >= 15 is 0 Å². The highest BCUT2D eigenvalue weighted by Crippen LogP contribution is 2.00. The van der Waals surface area contributed by atoms with Crippen LogP contribution in [-0.4, -0.2) is 20.2 Å². The standard InChI is InChI=1S/C9H11N2O3S/c10-9(12)15(13,14)11-7-6-8-4-2-1-3-5-8/h1-6,11H,7H2,(H2,10,12). The lowest BCUT2D eigenvalue weighted by Crippen LogP contribution is -2.35. The molecule has 0 saturated heterocycles. The van der Waals surface area contributed by atoms with Crippen molar-refractivity contribution in [3.63, 3.8) is 0 Å². The van der Waals surface area contributed by atoms with Crippen LogP contribution in [0.5, 0.6) is 0 Å². The number of hydrogen-bond donors (Lipinski definition) is 2. The molecule has 1 aromatic carbocycles. The molecule has 1 amide bonds. The zero-order valence-corrected chi connectivity index (χ0v) is 8.70. The van der Waals surface area contributed by atoms with Crippen LogP contribution >= 0.6 is 0 Å². The Morgan fingerprint density at radius 3 is 2.47 bits per heavy atom. The zero-order chi connectivity index (χ0) is 11.3. The molecule has 0 heterocycles. The molecule has 15 heavy (non-hydrogen) atoms. The summed E-state index contributed by atoms with van der Waals surface area (Å²) in [4.78, 5) is 10.4. The van der Waals surface area contributed by atoms with Crippen molar-refractivity contribution in [3.8, 4) is 0 Å². The van der Waals surface area contributed by atoms with E-state index in [4.69, 9.17) is 0 Å². The van der Waals surface area contributed by atoms with E-state index in [9.17, 15) is 13.2 Å². The minimum atomic E-state index is -4.01. The largest absolute Gasteiger partial charge is 0.355 e. The highest BCUT2D eigenvalue weighted by Gasteiger charge is 2.16. The first kappa shape index (κ1) is 11.7. The van der Waals surface area contributed by atoms with Crippen molar-refractivity contribution in [2.75, 3.05) is 6.54 Å². The summed E-state index contributed by atoms with van der Waals surface area (Å²) in [6.45, 7) is 0.0370. The van der Waals surface area contributed by atoms with Crippen molar-refractivity contribution in [2.45, 2.75) is 0 Å². The molecule has 6 heteroatoms. The molecule has 0 atom stereocenters. The molecule has 0 saturated carbocycles. The minimum Gasteiger partial charge on any atom is -0.355 e. The third-order valence-electron chi connectivity index (χ3n) is 1.68. The fourth-order valence-corrected chi connectivity index (χ4v) is 1.37. The molecule has 0 aliphatic rings. The van der Waals surface area contributed by atoms with Crippen LogP contribution in [0.1, 0.15) is 5.56 Å². The number of carbonyl (C=O) groups excluding carboxylic acids is 1. The molecule has 0 unspecified atom stereocenters. The van der Waals surface area contributed by atoms with E-state index in [1.165, 1.54) is 0 Å². The molecule has 0 spiro atoms. The van der Waals surface area contributed by atoms with E-state index in [0.29, 0.717) is 0 Å². The van der Waals surface area contributed by atoms with Gasteiger partial charge in [-0.1, -0.05) is 30.3 Å². The lowest BCUT2D eigenvalue weighted by Gasteiger charge is -2.02. The number of primary amides is 1. The first-order chi connectivity index (χ1) is 7.02. The maximum absolute atomic E-state index is 10.9. The van der Waals surface area contributed by atoms with Crippen molar-refractivity contribution < 1.29 is 13.2 Å². The molecule has 0 aliphatic carbocycles. The van der Waals surface area contributed by atoms with Crippen LogP contribution in [-0.2, 0) is 10.0 Å². The number of benzene rings is 1. The van der Waals surface area contributed by atoms with E-state index < -0.39 is 15.3 Å². The van der Waals surface area contributed by atoms with E-state index in [-0.39, 0.29) is 6.54 Å². The molecular formula is C9H11N2O3S. The fraction of sp³-hybridized carbons (Fsp3) is 0.111. The summed E-state index contributed by atoms with van der Waals surface area (Å²) in [7, 11) is -4.01. The molecule has 1 rings (SSSR count). The Morgan fingerprint density at radius 1 is 1.33 bits per heavy atom. The van der Waals surface area contributed by atoms with Gasteiger partial charge in [0.05, 0.1) is 0 Å². The monoisotopic (exact) mass is 227 g/mol. The number of hydrogen-bond acceptors (Lipinski definition) is 3. The lowest BCUT2D eigenvalue weighted by atomic mass is 10.2. The number of carbonyl (C=O) groups is 1. The van der Waals surface area contributed by atoms with Crippen LogP contribution in [0.3, 0.4) is 0 Å². The summed E-state index contributed by atoms with van der Waals surface area (Å²) in [5, 5.41) is -1.37. The Bertz CT molecular complexity index is 428. The Balaban J connectivity index is 2.44. The van der Waals surface area contributed by atoms with Crippen molar-refractivity contribution in [1.82, 2.24) is 4.72 Å². The number of rotatable bonds is 4. The number of sulfonamides is 1. The minimum absolute atomic E-state index is 0.0370. The Labute approximate surface area is 88.3 Å². The molecule has 0 aromatic heterocycles. The molecule has 81 valence electrons. The topological polar surface area (TPSA) is 89.3 Å². The molecule has 0 aliphatic heterocycles. The SMILES string of the molecule is NC(=O)S(=O)(=O)NC[CH]c1ccccc1. The van der Waals surface area contributed by atoms with Crippen LogP contribution in [0.2, 0.25) is 0 Å². The molecule has 0 bridgehead atoms. The van der Waals surface area contributed by atoms with Gasteiger partial charge in [-0.15, -0.1) is 0 Å². The van der Waals surface area contributed by atoms with E-state index in [1.807, 2.05) is 35.1 Å². The van der Waals surface area contributed by atoms with Crippen LogP contribution in [0.15, 0.2) is 30.3 Å². The first-order valence-electron chi connectivity index (χ1n) is 4.20. The molecule has 1 aromatic rings. The molecule has 5 nitrogen and oxygen atoms in total. The maximum atomic E-state index is 10.9. The third kappa shape index (κ3) is 3.69. The summed E-state index contributed by atoms with van der Waals surface area (Å²) < 4.78 is 23.9. The number of amides is 1. The predicted molar refractivity (Wildman–Crippen MR) is 56.3 cm³/mol. The lowest BCUT2D eigenvalue weighted by molar-refractivity contribution is 0.265. The van der Waals surface area contributed by atoms with Crippen molar-refractivity contribution in [2.24, 2.45) is 5.73 Å². The Kier molecular flexibility index (Phi) is 3.81. The van der Waals surface area contributed by atoms with Gasteiger partial charge >= 0.3 is 5.24 Å². The highest BCUT2D eigenvalue weighted by molar-refractivity contribution is 8.04. The summed E-state index contributed by atoms with van der Waals surface area (Å²) in [6, 6.07) is 9.14. The normalized spacial score (nSPS) is 11.2. The first-order valence-corrected chi connectivity index (χ1v) is 5.68. The summed E-state index contributed by atoms with van der Waals surface area (Å²) in [6.07, 6.45) is 1.64. The highest BCUT2D eigenvalue weighted by atomic mass is 32.2. The molecule has 1 radical (unpaired) electrons. The Hall–Kier alpha value is -1.40. The van der Waals surface area contributed by atoms with E-state index in [1.54, 1.807) is 6.42 Å². The quantitative estimate of drug-likeness (QED) is 0.772. The van der Waals surface area contributed by atoms with Gasteiger partial charge in [0.25, 0.3) is 10.0 Å². The number of nitrogens with one attached hydrogen (secondary N) is 1. The second kappa shape index (κ2) is 4.90. The predicted octanol–water partition coefficient (Wildman–Crippen LogP) is 0.237. The smallest absolute Gasteiger partial charge is 0.349 e. The van der Waals surface area contributed by atoms with E-state index in [2.05, 4.69) is 5.73 Å². The van der Waals surface area contributed by atoms with Crippen molar-refractivity contribution >= 4 is 15.3 Å². The van der Waals surface area contributed by atoms with Gasteiger partial charge in [0.2, 0.25) is 0 Å². The maximum Gasteiger partial charge on any atom is 0.349 e. The third-order valence-corrected chi connectivity index (χ3v) is 2.75. The average molecular weight is 227 g/mol. The van der Waals surface area contributed by atoms with Gasteiger partial charge in [-0.05, 0) is 5.56 Å². The van der Waals surface area contributed by atoms with Gasteiger partial charge < -0.3 is 5.73 Å². The van der Waals surface area contributed by atoms with Crippen LogP contribution in [0.25, 0.3) is 0 Å². The van der Waals surface area contributed by atoms with Gasteiger partial charge in [-0.3, -0.25) is 4.79 Å². The van der Waals surface area contributed by atoms with Crippen molar-refractivity contribution in [3.05, 3.63) is 42.3 Å². The average Bonchev–Trinajstić information content (AvgIpc) is 2.19. The second-order valence-electron chi connectivity index (χ2n) is 2.79. The number of nitrogens with two attached hydrogens (primary N) is 1. The molecular weight excluding hydrogens is 216 g/mol. The van der Waals surface area contributed by atoms with Gasteiger partial charge in [0.1, 0.15) is 0 Å². The second-order valence-corrected chi connectivity index (χ2v) is 4.48. The van der Waals surface area contributed by atoms with Crippen LogP contribution < -0.4 is 10.5 Å². The van der Waals surface area contributed by atoms with Crippen LogP contribution in [0.4, 0.5) is 4.79 Å². The van der Waals surface area contributed by atoms with Gasteiger partial charge in [-0.25, -0.2) is 13.1 Å². The Morgan fingerprint density at radius 2 is 1.93 bits per heavy atom. The van der Waals surface area contributed by atoms with Crippen LogP contribution in [0, 0.1) is 6.42 Å². The fourth-order valence-electron chi connectivity index (χ4n) is 0.929. The molecule has 0 fully saturated rings. The van der Waals surface area contributed by atoms with Gasteiger partial charge in [0, 0.05) is 13.0 Å². The zero-order valence-electron chi connectivity index (χ0n) is 7.88. The summed E-state index contributed by atoms with van der Waals surface area (Å²) in [5.41, 5.74) is 5.51. The van der Waals surface area contributed by atoms with E-state index in [0.717, 1.165) is 5.56 Å². The van der Waals surface area contributed by atoms with Crippen molar-refractivity contribution in [1.29, 1.82) is 0 Å². The molecule has 3 N–H and O–H groups in total. The summed E-state index contributed by atoms with van der Waals surface area (Å²) >= 11 is 0. The van der Waals surface area contributed by atoms with Gasteiger partial charge in [-0.2, -0.15) is 0 Å².